The summed E-state index contributed by atoms with van der Waals surface area (Å²) in [5, 5.41) is 0. The second kappa shape index (κ2) is 6.08. The molecule has 0 aliphatic carbocycles. The largest absolute Gasteiger partial charge is 0.300 e. The molecule has 0 bridgehead atoms. The lowest BCUT2D eigenvalue weighted by Gasteiger charge is -1.95. The second-order valence-electron chi connectivity index (χ2n) is 2.53. The average Bonchev–Trinajstić information content (AvgIpc) is 2.04. The zero-order valence-electron chi connectivity index (χ0n) is 7.06. The van der Waals surface area contributed by atoms with Crippen molar-refractivity contribution in [2.45, 2.75) is 39.0 Å². The number of hydrogen-bond donors (Lipinski definition) is 0. The van der Waals surface area contributed by atoms with E-state index in [1.54, 1.807) is 0 Å². The summed E-state index contributed by atoms with van der Waals surface area (Å²) in [7, 11) is 0. The molecule has 2 heteroatoms. The van der Waals surface area contributed by atoms with Crippen molar-refractivity contribution in [3.8, 4) is 0 Å². The number of Topliss-reactive ketones (excluding diaryl/α,β-unsaturated/α-hetero) is 2. The number of rotatable bonds is 6. The fourth-order valence-corrected chi connectivity index (χ4v) is 0.785. The minimum Gasteiger partial charge on any atom is -0.300 e. The molecule has 0 aromatic rings. The van der Waals surface area contributed by atoms with Crippen LogP contribution in [0.4, 0.5) is 0 Å². The van der Waals surface area contributed by atoms with Crippen LogP contribution in [0.3, 0.4) is 0 Å². The summed E-state index contributed by atoms with van der Waals surface area (Å²) in [6, 6.07) is 0. The summed E-state index contributed by atoms with van der Waals surface area (Å²) in [5.74, 6) is 0.385. The molecule has 63 valence electrons. The van der Waals surface area contributed by atoms with Crippen molar-refractivity contribution in [3.63, 3.8) is 0 Å². The molecular weight excluding hydrogens is 140 g/mol. The highest BCUT2D eigenvalue weighted by Crippen LogP contribution is 2.00. The van der Waals surface area contributed by atoms with Crippen LogP contribution in [0.5, 0.6) is 0 Å². The molecule has 0 amide bonds. The lowest BCUT2D eigenvalue weighted by atomic mass is 10.1. The molecule has 11 heavy (non-hydrogen) atoms. The monoisotopic (exact) mass is 155 g/mol. The molecule has 0 fully saturated rings. The van der Waals surface area contributed by atoms with Crippen molar-refractivity contribution in [1.29, 1.82) is 0 Å². The fourth-order valence-electron chi connectivity index (χ4n) is 0.785. The van der Waals surface area contributed by atoms with Crippen LogP contribution in [0, 0.1) is 6.92 Å². The first kappa shape index (κ1) is 10.3. The maximum atomic E-state index is 10.8. The number of ketones is 2. The van der Waals surface area contributed by atoms with E-state index in [1.807, 2.05) is 6.92 Å². The van der Waals surface area contributed by atoms with Crippen LogP contribution in [-0.4, -0.2) is 11.6 Å². The summed E-state index contributed by atoms with van der Waals surface area (Å²) in [4.78, 5) is 21.5. The molecule has 0 atom stereocenters. The number of carbonyl (C=O) groups is 2. The third kappa shape index (κ3) is 5.77. The molecule has 0 aromatic carbocycles. The predicted molar refractivity (Wildman–Crippen MR) is 44.1 cm³/mol. The summed E-state index contributed by atoms with van der Waals surface area (Å²) in [5.41, 5.74) is 0. The highest BCUT2D eigenvalue weighted by atomic mass is 16.1. The summed E-state index contributed by atoms with van der Waals surface area (Å²) >= 11 is 0. The zero-order valence-corrected chi connectivity index (χ0v) is 7.06. The molecule has 0 unspecified atom stereocenters. The molecule has 0 aliphatic rings. The van der Waals surface area contributed by atoms with Crippen LogP contribution in [0.2, 0.25) is 0 Å². The first-order valence-electron chi connectivity index (χ1n) is 4.03. The van der Waals surface area contributed by atoms with Crippen molar-refractivity contribution in [1.82, 2.24) is 0 Å². The van der Waals surface area contributed by atoms with E-state index in [2.05, 4.69) is 6.92 Å². The van der Waals surface area contributed by atoms with E-state index in [1.165, 1.54) is 0 Å². The molecule has 0 heterocycles. The smallest absolute Gasteiger partial charge is 0.132 e. The Morgan fingerprint density at radius 3 is 2.18 bits per heavy atom. The van der Waals surface area contributed by atoms with Gasteiger partial charge in [-0.05, 0) is 13.3 Å². The molecule has 0 N–H and O–H groups in total. The molecule has 1 radical (unpaired) electrons. The van der Waals surface area contributed by atoms with E-state index >= 15 is 0 Å². The molecule has 0 aliphatic heterocycles. The molecule has 2 nitrogen and oxygen atoms in total. The quantitative estimate of drug-likeness (QED) is 0.587. The minimum atomic E-state index is 0.147. The Morgan fingerprint density at radius 1 is 1.18 bits per heavy atom. The van der Waals surface area contributed by atoms with Gasteiger partial charge in [0.05, 0.1) is 0 Å². The third-order valence-corrected chi connectivity index (χ3v) is 1.58. The van der Waals surface area contributed by atoms with Gasteiger partial charge in [-0.2, -0.15) is 0 Å². The van der Waals surface area contributed by atoms with Gasteiger partial charge in [0.1, 0.15) is 11.6 Å². The van der Waals surface area contributed by atoms with Crippen molar-refractivity contribution >= 4 is 11.6 Å². The van der Waals surface area contributed by atoms with E-state index < -0.39 is 0 Å². The van der Waals surface area contributed by atoms with Crippen molar-refractivity contribution in [2.75, 3.05) is 0 Å². The maximum Gasteiger partial charge on any atom is 0.132 e. The van der Waals surface area contributed by atoms with E-state index in [-0.39, 0.29) is 11.6 Å². The minimum absolute atomic E-state index is 0.147. The highest BCUT2D eigenvalue weighted by Gasteiger charge is 2.01. The Morgan fingerprint density at radius 2 is 1.73 bits per heavy atom. The van der Waals surface area contributed by atoms with E-state index in [0.29, 0.717) is 32.1 Å². The lowest BCUT2D eigenvalue weighted by Crippen LogP contribution is -1.99. The van der Waals surface area contributed by atoms with Gasteiger partial charge in [-0.25, -0.2) is 0 Å². The van der Waals surface area contributed by atoms with Gasteiger partial charge in [-0.3, -0.25) is 9.59 Å². The molecule has 0 aromatic heterocycles. The first-order chi connectivity index (χ1) is 5.20. The van der Waals surface area contributed by atoms with Gasteiger partial charge in [-0.1, -0.05) is 6.92 Å². The maximum absolute atomic E-state index is 10.8. The fraction of sp³-hybridized carbons (Fsp3) is 0.667. The normalized spacial score (nSPS) is 9.64. The standard InChI is InChI=1S/C9H15O2/c1-3-8(10)6-5-7-9(11)4-2/h1,3-7H2,2H3. The van der Waals surface area contributed by atoms with Crippen molar-refractivity contribution in [2.24, 2.45) is 0 Å². The van der Waals surface area contributed by atoms with Gasteiger partial charge >= 0.3 is 0 Å². The van der Waals surface area contributed by atoms with Crippen LogP contribution in [0.1, 0.15) is 39.0 Å². The predicted octanol–water partition coefficient (Wildman–Crippen LogP) is 1.93. The van der Waals surface area contributed by atoms with Gasteiger partial charge in [0.25, 0.3) is 0 Å². The molecular formula is C9H15O2. The summed E-state index contributed by atoms with van der Waals surface area (Å²) in [6.07, 6.45) is 2.68. The highest BCUT2D eigenvalue weighted by molar-refractivity contribution is 5.81. The first-order valence-corrected chi connectivity index (χ1v) is 4.03. The van der Waals surface area contributed by atoms with Gasteiger partial charge in [-0.15, -0.1) is 0 Å². The van der Waals surface area contributed by atoms with E-state index in [4.69, 9.17) is 0 Å². The Labute approximate surface area is 68.0 Å². The van der Waals surface area contributed by atoms with Gasteiger partial charge in [0.15, 0.2) is 0 Å². The Hall–Kier alpha value is -0.660. The van der Waals surface area contributed by atoms with E-state index in [9.17, 15) is 9.59 Å². The lowest BCUT2D eigenvalue weighted by molar-refractivity contribution is -0.119. The van der Waals surface area contributed by atoms with Crippen LogP contribution >= 0.6 is 0 Å². The van der Waals surface area contributed by atoms with Crippen LogP contribution in [0.15, 0.2) is 0 Å². The topological polar surface area (TPSA) is 34.1 Å². The molecule has 0 spiro atoms. The third-order valence-electron chi connectivity index (χ3n) is 1.58. The van der Waals surface area contributed by atoms with Crippen molar-refractivity contribution < 1.29 is 9.59 Å². The second-order valence-corrected chi connectivity index (χ2v) is 2.53. The van der Waals surface area contributed by atoms with Gasteiger partial charge in [0, 0.05) is 25.7 Å². The molecule has 0 saturated heterocycles. The number of carbonyl (C=O) groups excluding carboxylic acids is 2. The van der Waals surface area contributed by atoms with Gasteiger partial charge in [0.2, 0.25) is 0 Å². The van der Waals surface area contributed by atoms with Gasteiger partial charge < -0.3 is 0 Å². The Kier molecular flexibility index (Phi) is 5.71. The molecule has 0 rings (SSSR count). The van der Waals surface area contributed by atoms with Crippen LogP contribution in [-0.2, 0) is 9.59 Å². The zero-order chi connectivity index (χ0) is 8.69. The molecule has 0 saturated carbocycles. The van der Waals surface area contributed by atoms with Crippen molar-refractivity contribution in [3.05, 3.63) is 6.92 Å². The Balaban J connectivity index is 3.27. The Bertz CT molecular complexity index is 122. The SMILES string of the molecule is [CH2]CC(=O)CCCC(=O)CC. The van der Waals surface area contributed by atoms with Crippen LogP contribution < -0.4 is 0 Å². The van der Waals surface area contributed by atoms with E-state index in [0.717, 1.165) is 0 Å². The number of hydrogen-bond acceptors (Lipinski definition) is 2. The summed E-state index contributed by atoms with van der Waals surface area (Å²) in [6.45, 7) is 5.31. The van der Waals surface area contributed by atoms with Crippen LogP contribution in [0.25, 0.3) is 0 Å². The average molecular weight is 155 g/mol. The summed E-state index contributed by atoms with van der Waals surface area (Å²) < 4.78 is 0.